The molecule has 132 valence electrons. The Hall–Kier alpha value is -2.12. The first-order valence-electron chi connectivity index (χ1n) is 6.51. The minimum absolute atomic E-state index is 0.629. The fourth-order valence-corrected chi connectivity index (χ4v) is 1.70. The second kappa shape index (κ2) is 7.19. The molecule has 2 aromatic carbocycles. The molecule has 0 nitrogen and oxygen atoms in total. The Labute approximate surface area is 132 Å². The molecule has 8 heteroatoms. The van der Waals surface area contributed by atoms with E-state index in [1.54, 1.807) is 0 Å². The van der Waals surface area contributed by atoms with Crippen LogP contribution < -0.4 is 0 Å². The first-order valence-corrected chi connectivity index (χ1v) is 6.51. The summed E-state index contributed by atoms with van der Waals surface area (Å²) in [5, 5.41) is 0. The first kappa shape index (κ1) is 19.9. The largest absolute Gasteiger partial charge is 0.203 e. The van der Waals surface area contributed by atoms with Crippen molar-refractivity contribution in [2.24, 2.45) is 0 Å². The van der Waals surface area contributed by atoms with Crippen LogP contribution in [0.2, 0.25) is 0 Å². The van der Waals surface area contributed by atoms with Gasteiger partial charge in [-0.25, -0.2) is 35.1 Å². The maximum atomic E-state index is 12.7. The van der Waals surface area contributed by atoms with E-state index in [1.807, 2.05) is 0 Å². The molecule has 2 rings (SSSR count). The van der Waals surface area contributed by atoms with Gasteiger partial charge in [0, 0.05) is 22.3 Å². The van der Waals surface area contributed by atoms with Gasteiger partial charge in [-0.1, -0.05) is 0 Å². The first-order chi connectivity index (χ1) is 10.9. The van der Waals surface area contributed by atoms with Crippen molar-refractivity contribution >= 4 is 0 Å². The molecule has 0 N–H and O–H groups in total. The lowest BCUT2D eigenvalue weighted by Crippen LogP contribution is -2.02. The van der Waals surface area contributed by atoms with Crippen LogP contribution >= 0.6 is 0 Å². The van der Waals surface area contributed by atoms with Crippen LogP contribution in [0.25, 0.3) is 0 Å². The van der Waals surface area contributed by atoms with Crippen LogP contribution in [0.15, 0.2) is 0 Å². The minimum atomic E-state index is -1.33. The lowest BCUT2D eigenvalue weighted by Gasteiger charge is -2.04. The molecule has 0 atom stereocenters. The van der Waals surface area contributed by atoms with Gasteiger partial charge in [-0.2, -0.15) is 0 Å². The van der Waals surface area contributed by atoms with Crippen molar-refractivity contribution in [2.75, 3.05) is 0 Å². The van der Waals surface area contributed by atoms with Gasteiger partial charge in [0.1, 0.15) is 0 Å². The quantitative estimate of drug-likeness (QED) is 0.418. The van der Waals surface area contributed by atoms with Crippen molar-refractivity contribution in [3.05, 3.63) is 68.8 Å². The van der Waals surface area contributed by atoms with E-state index < -0.39 is 68.8 Å². The van der Waals surface area contributed by atoms with Gasteiger partial charge in [-0.05, 0) is 27.7 Å². The number of rotatable bonds is 0. The Morgan fingerprint density at radius 2 is 0.375 bits per heavy atom. The summed E-state index contributed by atoms with van der Waals surface area (Å²) < 4.78 is 101. The Morgan fingerprint density at radius 3 is 0.458 bits per heavy atom. The summed E-state index contributed by atoms with van der Waals surface area (Å²) in [6.45, 7) is 3.93. The molecule has 0 heterocycles. The molecule has 0 fully saturated rings. The van der Waals surface area contributed by atoms with Gasteiger partial charge in [-0.15, -0.1) is 0 Å². The third kappa shape index (κ3) is 3.37. The number of hydrogen-bond donors (Lipinski definition) is 0. The number of halogens is 8. The molecule has 0 bridgehead atoms. The van der Waals surface area contributed by atoms with Gasteiger partial charge < -0.3 is 0 Å². The molecule has 0 aliphatic carbocycles. The number of benzene rings is 2. The van der Waals surface area contributed by atoms with Gasteiger partial charge in [0.2, 0.25) is 0 Å². The van der Waals surface area contributed by atoms with Crippen molar-refractivity contribution in [1.29, 1.82) is 0 Å². The van der Waals surface area contributed by atoms with Crippen molar-refractivity contribution in [3.63, 3.8) is 0 Å². The van der Waals surface area contributed by atoms with Crippen LogP contribution in [0, 0.1) is 74.2 Å². The molecule has 0 unspecified atom stereocenters. The highest BCUT2D eigenvalue weighted by Gasteiger charge is 2.20. The van der Waals surface area contributed by atoms with Gasteiger partial charge >= 0.3 is 0 Å². The highest BCUT2D eigenvalue weighted by atomic mass is 19.2. The van der Waals surface area contributed by atoms with Crippen molar-refractivity contribution in [3.8, 4) is 0 Å². The maximum absolute atomic E-state index is 12.7. The average Bonchev–Trinajstić information content (AvgIpc) is 2.58. The van der Waals surface area contributed by atoms with Gasteiger partial charge in [0.15, 0.2) is 46.5 Å². The topological polar surface area (TPSA) is 0 Å². The van der Waals surface area contributed by atoms with E-state index in [0.29, 0.717) is 0 Å². The third-order valence-corrected chi connectivity index (χ3v) is 3.40. The highest BCUT2D eigenvalue weighted by molar-refractivity contribution is 5.28. The van der Waals surface area contributed by atoms with Gasteiger partial charge in [0.25, 0.3) is 0 Å². The van der Waals surface area contributed by atoms with Crippen LogP contribution in [0.3, 0.4) is 0 Å². The average molecular weight is 356 g/mol. The second-order valence-corrected chi connectivity index (χ2v) is 5.01. The Morgan fingerprint density at radius 1 is 0.292 bits per heavy atom. The zero-order valence-electron chi connectivity index (χ0n) is 13.0. The Balaban J connectivity index is 0.000000240. The lowest BCUT2D eigenvalue weighted by atomic mass is 10.1. The maximum Gasteiger partial charge on any atom is 0.165 e. The summed E-state index contributed by atoms with van der Waals surface area (Å²) in [7, 11) is 0. The molecule has 0 saturated heterocycles. The molecule has 0 aliphatic heterocycles. The summed E-state index contributed by atoms with van der Waals surface area (Å²) in [6.07, 6.45) is 0. The molecule has 0 spiro atoms. The monoisotopic (exact) mass is 356 g/mol. The summed E-state index contributed by atoms with van der Waals surface area (Å²) >= 11 is 0. The van der Waals surface area contributed by atoms with E-state index in [9.17, 15) is 35.1 Å². The van der Waals surface area contributed by atoms with E-state index in [-0.39, 0.29) is 0 Å². The van der Waals surface area contributed by atoms with E-state index in [2.05, 4.69) is 0 Å². The summed E-state index contributed by atoms with van der Waals surface area (Å²) in [5.41, 5.74) is -2.52. The smallest absolute Gasteiger partial charge is 0.165 e. The molecule has 0 radical (unpaired) electrons. The van der Waals surface area contributed by atoms with Crippen LogP contribution in [0.4, 0.5) is 35.1 Å². The van der Waals surface area contributed by atoms with E-state index in [4.69, 9.17) is 0 Å². The summed E-state index contributed by atoms with van der Waals surface area (Å²) in [6, 6.07) is 0. The molecular formula is C16H12F8. The SMILES string of the molecule is Cc1c(F)c(F)c(C)c(F)c1F.Cc1c(F)c(F)c(C)c(F)c1F. The van der Waals surface area contributed by atoms with Crippen LogP contribution in [-0.4, -0.2) is 0 Å². The fraction of sp³-hybridized carbons (Fsp3) is 0.250. The van der Waals surface area contributed by atoms with Gasteiger partial charge in [0.05, 0.1) is 0 Å². The standard InChI is InChI=1S/2C8H6F4/c2*1-3-5(9)7(11)4(2)8(12)6(3)10/h2*1-2H3. The van der Waals surface area contributed by atoms with Crippen molar-refractivity contribution in [1.82, 2.24) is 0 Å². The van der Waals surface area contributed by atoms with Gasteiger partial charge in [-0.3, -0.25) is 0 Å². The summed E-state index contributed by atoms with van der Waals surface area (Å²) in [5.74, 6) is -10.6. The Kier molecular flexibility index (Phi) is 5.97. The molecule has 0 amide bonds. The van der Waals surface area contributed by atoms with Crippen LogP contribution in [0.1, 0.15) is 22.3 Å². The zero-order chi connectivity index (χ0) is 18.9. The van der Waals surface area contributed by atoms with Crippen molar-refractivity contribution < 1.29 is 35.1 Å². The third-order valence-electron chi connectivity index (χ3n) is 3.40. The molecule has 0 saturated carbocycles. The van der Waals surface area contributed by atoms with Crippen molar-refractivity contribution in [2.45, 2.75) is 27.7 Å². The second-order valence-electron chi connectivity index (χ2n) is 5.01. The van der Waals surface area contributed by atoms with Crippen LogP contribution in [0.5, 0.6) is 0 Å². The van der Waals surface area contributed by atoms with E-state index >= 15 is 0 Å². The van der Waals surface area contributed by atoms with Crippen LogP contribution in [-0.2, 0) is 0 Å². The van der Waals surface area contributed by atoms with E-state index in [0.717, 1.165) is 27.7 Å². The molecule has 2 aromatic rings. The predicted molar refractivity (Wildman–Crippen MR) is 71.5 cm³/mol. The molecule has 24 heavy (non-hydrogen) atoms. The lowest BCUT2D eigenvalue weighted by molar-refractivity contribution is 0.436. The molecule has 0 aliphatic rings. The highest BCUT2D eigenvalue weighted by Crippen LogP contribution is 2.23. The zero-order valence-corrected chi connectivity index (χ0v) is 13.0. The Bertz CT molecular complexity index is 518. The van der Waals surface area contributed by atoms with E-state index in [1.165, 1.54) is 0 Å². The molecular weight excluding hydrogens is 344 g/mol. The fourth-order valence-electron chi connectivity index (χ4n) is 1.70. The normalized spacial score (nSPS) is 10.5. The molecule has 0 aromatic heterocycles. The predicted octanol–water partition coefficient (Wildman–Crippen LogP) is 5.72. The number of hydrogen-bond acceptors (Lipinski definition) is 0. The summed E-state index contributed by atoms with van der Waals surface area (Å²) in [4.78, 5) is 0. The minimum Gasteiger partial charge on any atom is -0.203 e.